The largest absolute Gasteiger partial charge is 0.339 e. The van der Waals surface area contributed by atoms with Gasteiger partial charge in [0.05, 0.1) is 0 Å². The average molecular weight is 357 g/mol. The second kappa shape index (κ2) is 8.36. The van der Waals surface area contributed by atoms with E-state index in [0.29, 0.717) is 31.0 Å². The van der Waals surface area contributed by atoms with Crippen LogP contribution in [0.5, 0.6) is 0 Å². The molecule has 2 bridgehead atoms. The summed E-state index contributed by atoms with van der Waals surface area (Å²) in [5, 5.41) is 4.39. The molecule has 1 amide bonds. The van der Waals surface area contributed by atoms with Gasteiger partial charge in [-0.2, -0.15) is 0 Å². The minimum absolute atomic E-state index is 0. The Morgan fingerprint density at radius 2 is 1.91 bits per heavy atom. The second-order valence-electron chi connectivity index (χ2n) is 6.68. The summed E-state index contributed by atoms with van der Waals surface area (Å²) < 4.78 is 0. The van der Waals surface area contributed by atoms with E-state index in [4.69, 9.17) is 11.6 Å². The highest BCUT2D eigenvalue weighted by Crippen LogP contribution is 2.33. The van der Waals surface area contributed by atoms with Crippen LogP contribution in [0.25, 0.3) is 0 Å². The highest BCUT2D eigenvalue weighted by Gasteiger charge is 2.34. The Labute approximate surface area is 150 Å². The van der Waals surface area contributed by atoms with E-state index in [0.717, 1.165) is 30.0 Å². The predicted octanol–water partition coefficient (Wildman–Crippen LogP) is 4.03. The fourth-order valence-electron chi connectivity index (χ4n) is 3.93. The van der Waals surface area contributed by atoms with Crippen molar-refractivity contribution in [2.24, 2.45) is 5.92 Å². The number of hydrogen-bond acceptors (Lipinski definition) is 2. The van der Waals surface area contributed by atoms with Crippen LogP contribution in [0.15, 0.2) is 24.3 Å². The Kier molecular flexibility index (Phi) is 6.75. The molecule has 1 N–H and O–H groups in total. The van der Waals surface area contributed by atoms with Crippen molar-refractivity contribution in [2.45, 2.75) is 57.7 Å². The molecule has 128 valence electrons. The summed E-state index contributed by atoms with van der Waals surface area (Å²) in [6, 6.07) is 9.09. The van der Waals surface area contributed by atoms with E-state index in [1.54, 1.807) is 0 Å². The van der Waals surface area contributed by atoms with E-state index in [9.17, 15) is 4.79 Å². The predicted molar refractivity (Wildman–Crippen MR) is 97.1 cm³/mol. The molecule has 2 saturated heterocycles. The van der Waals surface area contributed by atoms with Crippen molar-refractivity contribution in [1.29, 1.82) is 0 Å². The van der Waals surface area contributed by atoms with Gasteiger partial charge in [0.15, 0.2) is 0 Å². The smallest absolute Gasteiger partial charge is 0.223 e. The molecule has 1 aromatic carbocycles. The number of rotatable bonds is 5. The Balaban J connectivity index is 0.00000192. The molecular weight excluding hydrogens is 331 g/mol. The van der Waals surface area contributed by atoms with E-state index in [1.807, 2.05) is 36.1 Å². The number of amides is 1. The Hall–Kier alpha value is -0.770. The lowest BCUT2D eigenvalue weighted by molar-refractivity contribution is -0.132. The van der Waals surface area contributed by atoms with Crippen molar-refractivity contribution < 1.29 is 4.79 Å². The molecule has 2 aliphatic heterocycles. The molecule has 2 atom stereocenters. The summed E-state index contributed by atoms with van der Waals surface area (Å²) in [7, 11) is 0. The minimum atomic E-state index is 0. The number of nitrogens with zero attached hydrogens (tertiary/aromatic N) is 1. The van der Waals surface area contributed by atoms with Crippen molar-refractivity contribution in [3.8, 4) is 0 Å². The zero-order valence-electron chi connectivity index (χ0n) is 13.6. The third-order valence-corrected chi connectivity index (χ3v) is 5.46. The van der Waals surface area contributed by atoms with Crippen molar-refractivity contribution in [1.82, 2.24) is 10.2 Å². The number of carbonyl (C=O) groups excluding carboxylic acids is 1. The van der Waals surface area contributed by atoms with Crippen LogP contribution < -0.4 is 5.32 Å². The molecule has 2 fully saturated rings. The molecule has 3 nitrogen and oxygen atoms in total. The lowest BCUT2D eigenvalue weighted by atomic mass is 9.89. The van der Waals surface area contributed by atoms with E-state index < -0.39 is 0 Å². The topological polar surface area (TPSA) is 32.3 Å². The lowest BCUT2D eigenvalue weighted by Gasteiger charge is -2.30. The second-order valence-corrected chi connectivity index (χ2v) is 7.09. The quantitative estimate of drug-likeness (QED) is 0.863. The molecule has 5 heteroatoms. The third-order valence-electron chi connectivity index (χ3n) is 5.09. The Morgan fingerprint density at radius 3 is 2.52 bits per heavy atom. The van der Waals surface area contributed by atoms with Gasteiger partial charge < -0.3 is 10.2 Å². The maximum Gasteiger partial charge on any atom is 0.223 e. The zero-order chi connectivity index (χ0) is 15.5. The lowest BCUT2D eigenvalue weighted by Crippen LogP contribution is -2.40. The fraction of sp³-hybridized carbons (Fsp3) is 0.611. The Bertz CT molecular complexity index is 526. The first-order valence-corrected chi connectivity index (χ1v) is 8.80. The van der Waals surface area contributed by atoms with Crippen molar-refractivity contribution in [2.75, 3.05) is 6.54 Å². The molecular formula is C18H26Cl2N2O. The van der Waals surface area contributed by atoms with Crippen molar-refractivity contribution >= 4 is 29.9 Å². The molecule has 0 spiro atoms. The molecule has 23 heavy (non-hydrogen) atoms. The average Bonchev–Trinajstić information content (AvgIpc) is 2.85. The van der Waals surface area contributed by atoms with Crippen LogP contribution >= 0.6 is 24.0 Å². The molecule has 0 saturated carbocycles. The highest BCUT2D eigenvalue weighted by atomic mass is 35.5. The van der Waals surface area contributed by atoms with Crippen LogP contribution in [-0.2, 0) is 11.3 Å². The number of piperidine rings is 1. The van der Waals surface area contributed by atoms with Gasteiger partial charge in [0.1, 0.15) is 0 Å². The first-order chi connectivity index (χ1) is 10.7. The standard InChI is InChI=1S/C18H25ClN2O.ClH/c1-2-21(12-14-5-3-4-6-17(14)19)18(22)11-13-9-15-7-8-16(10-13)20-15;/h3-6,13,15-16,20H,2,7-12H2,1H3;1H. The van der Waals surface area contributed by atoms with Gasteiger partial charge in [-0.15, -0.1) is 12.4 Å². The summed E-state index contributed by atoms with van der Waals surface area (Å²) in [5.41, 5.74) is 1.03. The van der Waals surface area contributed by atoms with Gasteiger partial charge in [0.2, 0.25) is 5.91 Å². The molecule has 2 unspecified atom stereocenters. The molecule has 3 rings (SSSR count). The monoisotopic (exact) mass is 356 g/mol. The SMILES string of the molecule is CCN(Cc1ccccc1Cl)C(=O)CC1CC2CCC(C1)N2.Cl. The first kappa shape index (κ1) is 18.6. The van der Waals surface area contributed by atoms with Crippen LogP contribution in [0.1, 0.15) is 44.6 Å². The molecule has 0 aliphatic carbocycles. The van der Waals surface area contributed by atoms with Gasteiger partial charge in [0.25, 0.3) is 0 Å². The van der Waals surface area contributed by atoms with E-state index in [-0.39, 0.29) is 18.3 Å². The van der Waals surface area contributed by atoms with Crippen LogP contribution in [-0.4, -0.2) is 29.4 Å². The Morgan fingerprint density at radius 1 is 1.26 bits per heavy atom. The van der Waals surface area contributed by atoms with Crippen molar-refractivity contribution in [3.05, 3.63) is 34.9 Å². The fourth-order valence-corrected chi connectivity index (χ4v) is 4.12. The summed E-state index contributed by atoms with van der Waals surface area (Å²) in [6.07, 6.45) is 5.57. The zero-order valence-corrected chi connectivity index (χ0v) is 15.2. The number of carbonyl (C=O) groups is 1. The number of fused-ring (bicyclic) bond motifs is 2. The summed E-state index contributed by atoms with van der Waals surface area (Å²) in [5.74, 6) is 0.820. The number of hydrogen-bond donors (Lipinski definition) is 1. The molecule has 0 radical (unpaired) electrons. The normalized spacial score (nSPS) is 25.7. The summed E-state index contributed by atoms with van der Waals surface area (Å²) in [6.45, 7) is 3.40. The van der Waals surface area contributed by atoms with Crippen LogP contribution in [0.2, 0.25) is 5.02 Å². The minimum Gasteiger partial charge on any atom is -0.339 e. The van der Waals surface area contributed by atoms with E-state index in [1.165, 1.54) is 12.8 Å². The van der Waals surface area contributed by atoms with Gasteiger partial charge in [-0.05, 0) is 50.2 Å². The van der Waals surface area contributed by atoms with Crippen LogP contribution in [0, 0.1) is 5.92 Å². The van der Waals surface area contributed by atoms with Crippen LogP contribution in [0.4, 0.5) is 0 Å². The van der Waals surface area contributed by atoms with Crippen molar-refractivity contribution in [3.63, 3.8) is 0 Å². The third kappa shape index (κ3) is 4.62. The van der Waals surface area contributed by atoms with Gasteiger partial charge in [-0.3, -0.25) is 4.79 Å². The molecule has 2 heterocycles. The molecule has 0 aromatic heterocycles. The van der Waals surface area contributed by atoms with E-state index >= 15 is 0 Å². The van der Waals surface area contributed by atoms with E-state index in [2.05, 4.69) is 5.32 Å². The molecule has 1 aromatic rings. The van der Waals surface area contributed by atoms with Gasteiger partial charge in [0, 0.05) is 36.6 Å². The number of benzene rings is 1. The summed E-state index contributed by atoms with van der Waals surface area (Å²) >= 11 is 6.22. The van der Waals surface area contributed by atoms with Gasteiger partial charge in [-0.25, -0.2) is 0 Å². The first-order valence-electron chi connectivity index (χ1n) is 8.43. The highest BCUT2D eigenvalue weighted by molar-refractivity contribution is 6.31. The molecule has 2 aliphatic rings. The maximum absolute atomic E-state index is 12.7. The number of halogens is 2. The van der Waals surface area contributed by atoms with Gasteiger partial charge >= 0.3 is 0 Å². The summed E-state index contributed by atoms with van der Waals surface area (Å²) in [4.78, 5) is 14.6. The van der Waals surface area contributed by atoms with Crippen LogP contribution in [0.3, 0.4) is 0 Å². The van der Waals surface area contributed by atoms with Gasteiger partial charge in [-0.1, -0.05) is 29.8 Å². The number of nitrogens with one attached hydrogen (secondary N) is 1. The maximum atomic E-state index is 12.7.